The summed E-state index contributed by atoms with van der Waals surface area (Å²) in [7, 11) is 1.99. The lowest BCUT2D eigenvalue weighted by Crippen LogP contribution is -2.27. The van der Waals surface area contributed by atoms with E-state index in [1.807, 2.05) is 14.0 Å². The second-order valence-electron chi connectivity index (χ2n) is 2.79. The second-order valence-corrected chi connectivity index (χ2v) is 2.79. The van der Waals surface area contributed by atoms with E-state index in [0.717, 1.165) is 19.5 Å². The van der Waals surface area contributed by atoms with Gasteiger partial charge in [-0.1, -0.05) is 0 Å². The van der Waals surface area contributed by atoms with Crippen molar-refractivity contribution in [3.63, 3.8) is 0 Å². The molecule has 0 fully saturated rings. The minimum absolute atomic E-state index is 0.241. The number of hydrogen-bond acceptors (Lipinski definition) is 2. The number of hydrogen-bond donors (Lipinski definition) is 1. The van der Waals surface area contributed by atoms with Gasteiger partial charge in [-0.25, -0.2) is 0 Å². The predicted octanol–water partition coefficient (Wildman–Crippen LogP) is 0.712. The summed E-state index contributed by atoms with van der Waals surface area (Å²) >= 11 is 0. The Bertz CT molecular complexity index is 143. The van der Waals surface area contributed by atoms with Crippen LogP contribution in [-0.4, -0.2) is 36.2 Å². The fourth-order valence-corrected chi connectivity index (χ4v) is 0.914. The minimum atomic E-state index is -0.241. The number of nitrogens with zero attached hydrogens (tertiary/aromatic N) is 1. The molecule has 0 rings (SSSR count). The maximum Gasteiger partial charge on any atom is 0.0638 e. The lowest BCUT2D eigenvalue weighted by Gasteiger charge is -2.16. The van der Waals surface area contributed by atoms with Gasteiger partial charge in [0.1, 0.15) is 0 Å². The smallest absolute Gasteiger partial charge is 0.0638 e. The quantitative estimate of drug-likeness (QED) is 0.604. The molecule has 0 aliphatic rings. The zero-order valence-corrected chi connectivity index (χ0v) is 7.59. The SMILES string of the molecule is CC#CCCN(C)CC(C)O. The van der Waals surface area contributed by atoms with Crippen LogP contribution in [0.4, 0.5) is 0 Å². The molecular formula is C9H17NO. The van der Waals surface area contributed by atoms with Crippen molar-refractivity contribution in [1.82, 2.24) is 4.90 Å². The fourth-order valence-electron chi connectivity index (χ4n) is 0.914. The molecule has 1 N–H and O–H groups in total. The zero-order chi connectivity index (χ0) is 8.69. The molecule has 0 radical (unpaired) electrons. The minimum Gasteiger partial charge on any atom is -0.392 e. The molecule has 0 aliphatic carbocycles. The van der Waals surface area contributed by atoms with Crippen LogP contribution in [0.1, 0.15) is 20.3 Å². The Hall–Kier alpha value is -0.520. The Morgan fingerprint density at radius 3 is 2.64 bits per heavy atom. The van der Waals surface area contributed by atoms with Crippen LogP contribution < -0.4 is 0 Å². The van der Waals surface area contributed by atoms with Crippen molar-refractivity contribution in [3.05, 3.63) is 0 Å². The van der Waals surface area contributed by atoms with E-state index in [1.54, 1.807) is 6.92 Å². The van der Waals surface area contributed by atoms with Gasteiger partial charge in [-0.05, 0) is 20.9 Å². The highest BCUT2D eigenvalue weighted by Crippen LogP contribution is 1.89. The van der Waals surface area contributed by atoms with Crippen molar-refractivity contribution in [3.8, 4) is 11.8 Å². The van der Waals surface area contributed by atoms with Gasteiger partial charge in [-0.15, -0.1) is 11.8 Å². The molecule has 0 heterocycles. The van der Waals surface area contributed by atoms with Crippen LogP contribution in [-0.2, 0) is 0 Å². The van der Waals surface area contributed by atoms with E-state index in [4.69, 9.17) is 5.11 Å². The van der Waals surface area contributed by atoms with E-state index >= 15 is 0 Å². The number of likely N-dealkylation sites (N-methyl/N-ethyl adjacent to an activating group) is 1. The molecule has 0 bridgehead atoms. The van der Waals surface area contributed by atoms with Crippen molar-refractivity contribution < 1.29 is 5.11 Å². The van der Waals surface area contributed by atoms with Crippen molar-refractivity contribution in [2.24, 2.45) is 0 Å². The van der Waals surface area contributed by atoms with E-state index in [-0.39, 0.29) is 6.10 Å². The molecule has 2 heteroatoms. The van der Waals surface area contributed by atoms with E-state index in [0.29, 0.717) is 0 Å². The van der Waals surface area contributed by atoms with E-state index < -0.39 is 0 Å². The van der Waals surface area contributed by atoms with Gasteiger partial charge < -0.3 is 10.0 Å². The summed E-state index contributed by atoms with van der Waals surface area (Å²) in [6.07, 6.45) is 0.647. The zero-order valence-electron chi connectivity index (χ0n) is 7.59. The lowest BCUT2D eigenvalue weighted by molar-refractivity contribution is 0.143. The standard InChI is InChI=1S/C9H17NO/c1-4-5-6-7-10(3)8-9(2)11/h9,11H,6-8H2,1-3H3. The highest BCUT2D eigenvalue weighted by atomic mass is 16.3. The molecule has 0 amide bonds. The summed E-state index contributed by atoms with van der Waals surface area (Å²) in [5.41, 5.74) is 0. The Labute approximate surface area is 69.2 Å². The molecule has 0 spiro atoms. The average Bonchev–Trinajstić information content (AvgIpc) is 1.86. The molecule has 64 valence electrons. The topological polar surface area (TPSA) is 23.5 Å². The summed E-state index contributed by atoms with van der Waals surface area (Å²) in [6.45, 7) is 5.30. The predicted molar refractivity (Wildman–Crippen MR) is 47.2 cm³/mol. The van der Waals surface area contributed by atoms with Gasteiger partial charge in [-0.2, -0.15) is 0 Å². The summed E-state index contributed by atoms with van der Waals surface area (Å²) < 4.78 is 0. The number of aliphatic hydroxyl groups excluding tert-OH is 1. The molecule has 11 heavy (non-hydrogen) atoms. The van der Waals surface area contributed by atoms with Gasteiger partial charge in [0.25, 0.3) is 0 Å². The van der Waals surface area contributed by atoms with E-state index in [9.17, 15) is 0 Å². The van der Waals surface area contributed by atoms with Gasteiger partial charge in [0.2, 0.25) is 0 Å². The fraction of sp³-hybridized carbons (Fsp3) is 0.778. The Kier molecular flexibility index (Phi) is 5.91. The van der Waals surface area contributed by atoms with Crippen molar-refractivity contribution in [2.75, 3.05) is 20.1 Å². The Morgan fingerprint density at radius 1 is 1.55 bits per heavy atom. The molecule has 1 unspecified atom stereocenters. The normalized spacial score (nSPS) is 12.5. The highest BCUT2D eigenvalue weighted by molar-refractivity contribution is 4.95. The van der Waals surface area contributed by atoms with Gasteiger partial charge in [0, 0.05) is 19.5 Å². The van der Waals surface area contributed by atoms with Crippen LogP contribution in [0, 0.1) is 11.8 Å². The first-order valence-electron chi connectivity index (χ1n) is 3.93. The van der Waals surface area contributed by atoms with E-state index in [2.05, 4.69) is 16.7 Å². The van der Waals surface area contributed by atoms with Gasteiger partial charge in [0.05, 0.1) is 6.10 Å². The van der Waals surface area contributed by atoms with Crippen LogP contribution >= 0.6 is 0 Å². The molecular weight excluding hydrogens is 138 g/mol. The van der Waals surface area contributed by atoms with Gasteiger partial charge in [-0.3, -0.25) is 0 Å². The first-order valence-corrected chi connectivity index (χ1v) is 3.93. The van der Waals surface area contributed by atoms with Crippen molar-refractivity contribution in [1.29, 1.82) is 0 Å². The molecule has 0 saturated carbocycles. The molecule has 2 nitrogen and oxygen atoms in total. The first-order chi connectivity index (χ1) is 5.16. The Morgan fingerprint density at radius 2 is 2.18 bits per heavy atom. The Balaban J connectivity index is 3.34. The van der Waals surface area contributed by atoms with Gasteiger partial charge in [0.15, 0.2) is 0 Å². The first kappa shape index (κ1) is 10.5. The maximum atomic E-state index is 9.00. The molecule has 0 saturated heterocycles. The summed E-state index contributed by atoms with van der Waals surface area (Å²) in [6, 6.07) is 0. The third-order valence-electron chi connectivity index (χ3n) is 1.37. The maximum absolute atomic E-state index is 9.00. The monoisotopic (exact) mass is 155 g/mol. The third kappa shape index (κ3) is 7.38. The summed E-state index contributed by atoms with van der Waals surface area (Å²) in [5, 5.41) is 9.00. The van der Waals surface area contributed by atoms with Gasteiger partial charge >= 0.3 is 0 Å². The highest BCUT2D eigenvalue weighted by Gasteiger charge is 2.00. The van der Waals surface area contributed by atoms with Crippen LogP contribution in [0.5, 0.6) is 0 Å². The van der Waals surface area contributed by atoms with Crippen LogP contribution in [0.25, 0.3) is 0 Å². The van der Waals surface area contributed by atoms with Crippen molar-refractivity contribution in [2.45, 2.75) is 26.4 Å². The average molecular weight is 155 g/mol. The summed E-state index contributed by atoms with van der Waals surface area (Å²) in [5.74, 6) is 5.82. The molecule has 0 aromatic carbocycles. The second kappa shape index (κ2) is 6.21. The number of rotatable bonds is 4. The van der Waals surface area contributed by atoms with Crippen LogP contribution in [0.15, 0.2) is 0 Å². The molecule has 0 aliphatic heterocycles. The van der Waals surface area contributed by atoms with E-state index in [1.165, 1.54) is 0 Å². The third-order valence-corrected chi connectivity index (χ3v) is 1.37. The summed E-state index contributed by atoms with van der Waals surface area (Å²) in [4.78, 5) is 2.08. The molecule has 0 aromatic heterocycles. The van der Waals surface area contributed by atoms with Crippen LogP contribution in [0.2, 0.25) is 0 Å². The molecule has 1 atom stereocenters. The number of aliphatic hydroxyl groups is 1. The molecule has 0 aromatic rings. The van der Waals surface area contributed by atoms with Crippen molar-refractivity contribution >= 4 is 0 Å². The lowest BCUT2D eigenvalue weighted by atomic mass is 10.3. The largest absolute Gasteiger partial charge is 0.392 e. The van der Waals surface area contributed by atoms with Crippen LogP contribution in [0.3, 0.4) is 0 Å².